The number of carbonyl (C=O) groups is 2. The van der Waals surface area contributed by atoms with Gasteiger partial charge in [0.1, 0.15) is 18.1 Å². The van der Waals surface area contributed by atoms with Crippen molar-refractivity contribution in [1.82, 2.24) is 9.80 Å². The maximum Gasteiger partial charge on any atom is 0.254 e. The van der Waals surface area contributed by atoms with Crippen LogP contribution in [-0.4, -0.2) is 68.2 Å². The fraction of sp³-hybridized carbons (Fsp3) is 0.400. The number of halogens is 2. The lowest BCUT2D eigenvalue weighted by molar-refractivity contribution is -0.133. The van der Waals surface area contributed by atoms with Crippen LogP contribution in [0, 0.1) is 6.92 Å². The van der Waals surface area contributed by atoms with E-state index in [1.807, 2.05) is 37.3 Å². The van der Waals surface area contributed by atoms with Crippen molar-refractivity contribution in [3.05, 3.63) is 81.2 Å². The van der Waals surface area contributed by atoms with E-state index in [4.69, 9.17) is 41.8 Å². The number of aryl methyl sites for hydroxylation is 1. The van der Waals surface area contributed by atoms with Crippen molar-refractivity contribution in [1.29, 1.82) is 0 Å². The highest BCUT2D eigenvalue weighted by Crippen LogP contribution is 2.28. The van der Waals surface area contributed by atoms with Gasteiger partial charge >= 0.3 is 0 Å². The lowest BCUT2D eigenvalue weighted by Crippen LogP contribution is -2.46. The Kier molecular flexibility index (Phi) is 10.4. The lowest BCUT2D eigenvalue weighted by Gasteiger charge is -2.29. The molecule has 0 saturated carbocycles. The molecule has 1 atom stereocenters. The summed E-state index contributed by atoms with van der Waals surface area (Å²) in [7, 11) is 3.18. The second-order valence-electron chi connectivity index (χ2n) is 9.72. The van der Waals surface area contributed by atoms with Gasteiger partial charge in [-0.05, 0) is 74.2 Å². The third-order valence-corrected chi connectivity index (χ3v) is 7.58. The van der Waals surface area contributed by atoms with Crippen molar-refractivity contribution in [2.75, 3.05) is 40.5 Å². The molecule has 4 rings (SSSR count). The predicted molar refractivity (Wildman–Crippen MR) is 153 cm³/mol. The number of benzene rings is 2. The summed E-state index contributed by atoms with van der Waals surface area (Å²) in [6.07, 6.45) is 2.18. The lowest BCUT2D eigenvalue weighted by atomic mass is 10.1. The van der Waals surface area contributed by atoms with Gasteiger partial charge < -0.3 is 28.4 Å². The smallest absolute Gasteiger partial charge is 0.254 e. The Morgan fingerprint density at radius 1 is 0.975 bits per heavy atom. The van der Waals surface area contributed by atoms with E-state index in [1.165, 1.54) is 11.0 Å². The van der Waals surface area contributed by atoms with E-state index in [1.54, 1.807) is 31.3 Å². The first-order chi connectivity index (χ1) is 19.3. The zero-order valence-corrected chi connectivity index (χ0v) is 24.5. The van der Waals surface area contributed by atoms with Crippen molar-refractivity contribution in [2.45, 2.75) is 38.8 Å². The van der Waals surface area contributed by atoms with Crippen molar-refractivity contribution in [3.63, 3.8) is 0 Å². The molecular weight excluding hydrogens is 555 g/mol. The molecule has 1 saturated heterocycles. The first-order valence-electron chi connectivity index (χ1n) is 13.2. The Balaban J connectivity index is 1.54. The van der Waals surface area contributed by atoms with E-state index >= 15 is 0 Å². The normalized spacial score (nSPS) is 14.7. The highest BCUT2D eigenvalue weighted by Gasteiger charge is 2.28. The summed E-state index contributed by atoms with van der Waals surface area (Å²) < 4.78 is 22.4. The number of ether oxygens (including phenoxy) is 3. The molecule has 10 heteroatoms. The second kappa shape index (κ2) is 13.9. The van der Waals surface area contributed by atoms with Gasteiger partial charge in [-0.1, -0.05) is 29.3 Å². The summed E-state index contributed by atoms with van der Waals surface area (Å²) in [5.74, 6) is 2.17. The van der Waals surface area contributed by atoms with E-state index in [2.05, 4.69) is 0 Å². The van der Waals surface area contributed by atoms with Crippen LogP contribution in [0.2, 0.25) is 10.0 Å². The van der Waals surface area contributed by atoms with Crippen LogP contribution in [0.5, 0.6) is 11.5 Å². The second-order valence-corrected chi connectivity index (χ2v) is 10.5. The van der Waals surface area contributed by atoms with Crippen LogP contribution in [-0.2, 0) is 22.5 Å². The average Bonchev–Trinajstić information content (AvgIpc) is 3.62. The molecule has 8 nitrogen and oxygen atoms in total. The third-order valence-electron chi connectivity index (χ3n) is 6.84. The van der Waals surface area contributed by atoms with Crippen LogP contribution in [0.1, 0.15) is 40.3 Å². The highest BCUT2D eigenvalue weighted by molar-refractivity contribution is 6.42. The van der Waals surface area contributed by atoms with Crippen molar-refractivity contribution in [2.24, 2.45) is 0 Å². The minimum atomic E-state index is -0.309. The summed E-state index contributed by atoms with van der Waals surface area (Å²) in [5, 5.41) is 0.635. The van der Waals surface area contributed by atoms with Crippen molar-refractivity contribution < 1.29 is 28.2 Å². The largest absolute Gasteiger partial charge is 0.493 e. The molecule has 0 aliphatic carbocycles. The summed E-state index contributed by atoms with van der Waals surface area (Å²) in [4.78, 5) is 30.6. The predicted octanol–water partition coefficient (Wildman–Crippen LogP) is 5.80. The van der Waals surface area contributed by atoms with Crippen LogP contribution in [0.4, 0.5) is 0 Å². The minimum Gasteiger partial charge on any atom is -0.493 e. The van der Waals surface area contributed by atoms with Gasteiger partial charge in [-0.2, -0.15) is 0 Å². The van der Waals surface area contributed by atoms with Gasteiger partial charge in [0, 0.05) is 25.3 Å². The van der Waals surface area contributed by atoms with Crippen LogP contribution in [0.15, 0.2) is 52.9 Å². The molecule has 1 aromatic heterocycles. The molecular formula is C30H34Cl2N2O6. The van der Waals surface area contributed by atoms with Crippen LogP contribution in [0.3, 0.4) is 0 Å². The van der Waals surface area contributed by atoms with Gasteiger partial charge in [0.15, 0.2) is 11.5 Å². The van der Waals surface area contributed by atoms with Crippen LogP contribution in [0.25, 0.3) is 0 Å². The zero-order chi connectivity index (χ0) is 28.6. The summed E-state index contributed by atoms with van der Waals surface area (Å²) in [6, 6.07) is 14.1. The van der Waals surface area contributed by atoms with Gasteiger partial charge in [0.25, 0.3) is 5.91 Å². The molecule has 0 radical (unpaired) electrons. The number of methoxy groups -OCH3 is 2. The SMILES string of the molecule is COc1ccc(CCN(Cc2ccc(C)o2)C(=O)CN(CC2CCCO2)C(=O)c2ccc(Cl)c(Cl)c2)cc1OC. The Bertz CT molecular complexity index is 1320. The van der Waals surface area contributed by atoms with Gasteiger partial charge in [0.2, 0.25) is 5.91 Å². The zero-order valence-electron chi connectivity index (χ0n) is 23.0. The Morgan fingerprint density at radius 2 is 1.77 bits per heavy atom. The first-order valence-corrected chi connectivity index (χ1v) is 13.9. The number of rotatable bonds is 12. The maximum absolute atomic E-state index is 13.8. The Labute approximate surface area is 244 Å². The fourth-order valence-corrected chi connectivity index (χ4v) is 4.98. The molecule has 1 unspecified atom stereocenters. The van der Waals surface area contributed by atoms with E-state index in [0.29, 0.717) is 54.0 Å². The number of hydrogen-bond acceptors (Lipinski definition) is 6. The van der Waals surface area contributed by atoms with E-state index in [-0.39, 0.29) is 36.0 Å². The maximum atomic E-state index is 13.8. The molecule has 2 heterocycles. The summed E-state index contributed by atoms with van der Waals surface area (Å²) in [5.41, 5.74) is 1.34. The van der Waals surface area contributed by atoms with Crippen LogP contribution < -0.4 is 9.47 Å². The fourth-order valence-electron chi connectivity index (χ4n) is 4.68. The number of carbonyl (C=O) groups excluding carboxylic acids is 2. The number of hydrogen-bond donors (Lipinski definition) is 0. The van der Waals surface area contributed by atoms with E-state index in [0.717, 1.165) is 24.2 Å². The number of amides is 2. The van der Waals surface area contributed by atoms with Gasteiger partial charge in [-0.25, -0.2) is 0 Å². The Hall–Kier alpha value is -3.20. The molecule has 2 amide bonds. The highest BCUT2D eigenvalue weighted by atomic mass is 35.5. The van der Waals surface area contributed by atoms with Crippen molar-refractivity contribution in [3.8, 4) is 11.5 Å². The quantitative estimate of drug-likeness (QED) is 0.266. The molecule has 214 valence electrons. The molecule has 3 aromatic rings. The van der Waals surface area contributed by atoms with E-state index in [9.17, 15) is 9.59 Å². The molecule has 1 fully saturated rings. The summed E-state index contributed by atoms with van der Waals surface area (Å²) in [6.45, 7) is 3.36. The van der Waals surface area contributed by atoms with Gasteiger partial charge in [0.05, 0.1) is 36.9 Å². The monoisotopic (exact) mass is 588 g/mol. The van der Waals surface area contributed by atoms with Crippen LogP contribution >= 0.6 is 23.2 Å². The topological polar surface area (TPSA) is 81.5 Å². The number of nitrogens with zero attached hydrogens (tertiary/aromatic N) is 2. The molecule has 1 aliphatic heterocycles. The minimum absolute atomic E-state index is 0.120. The molecule has 2 aromatic carbocycles. The molecule has 0 N–H and O–H groups in total. The Morgan fingerprint density at radius 3 is 2.42 bits per heavy atom. The molecule has 0 spiro atoms. The summed E-state index contributed by atoms with van der Waals surface area (Å²) >= 11 is 12.3. The third kappa shape index (κ3) is 7.71. The molecule has 1 aliphatic rings. The van der Waals surface area contributed by atoms with Gasteiger partial charge in [-0.3, -0.25) is 9.59 Å². The van der Waals surface area contributed by atoms with E-state index < -0.39 is 0 Å². The number of furan rings is 1. The van der Waals surface area contributed by atoms with Gasteiger partial charge in [-0.15, -0.1) is 0 Å². The molecule has 40 heavy (non-hydrogen) atoms. The van der Waals surface area contributed by atoms with Crippen molar-refractivity contribution >= 4 is 35.0 Å². The standard InChI is InChI=1S/C30H34Cl2N2O6/c1-20-6-9-24(40-20)18-33(13-12-21-7-11-27(37-2)28(15-21)38-3)29(35)19-34(17-23-5-4-14-39-23)30(36)22-8-10-25(31)26(32)16-22/h6-11,15-16,23H,4-5,12-14,17-19H2,1-3H3. The molecule has 0 bridgehead atoms. The first kappa shape index (κ1) is 29.8. The average molecular weight is 590 g/mol.